The molecule has 9 heteroatoms. The van der Waals surface area contributed by atoms with Gasteiger partial charge in [0, 0.05) is 83.7 Å². The molecule has 0 unspecified atom stereocenters. The van der Waals surface area contributed by atoms with Crippen LogP contribution in [0.15, 0.2) is 322 Å². The summed E-state index contributed by atoms with van der Waals surface area (Å²) >= 11 is 0. The van der Waals surface area contributed by atoms with Crippen molar-refractivity contribution in [3.63, 3.8) is 0 Å². The highest BCUT2D eigenvalue weighted by molar-refractivity contribution is 7.00. The summed E-state index contributed by atoms with van der Waals surface area (Å²) < 4.78 is 2.42. The highest BCUT2D eigenvalue weighted by Crippen LogP contribution is 2.52. The van der Waals surface area contributed by atoms with Gasteiger partial charge < -0.3 is 14.4 Å². The third-order valence-corrected chi connectivity index (χ3v) is 20.0. The van der Waals surface area contributed by atoms with E-state index in [1.807, 2.05) is 30.3 Å². The van der Waals surface area contributed by atoms with Gasteiger partial charge in [-0.1, -0.05) is 238 Å². The molecule has 0 atom stereocenters. The maximum absolute atomic E-state index is 5.63. The van der Waals surface area contributed by atoms with Crippen molar-refractivity contribution in [2.24, 2.45) is 0 Å². The number of hydrogen-bond donors (Lipinski definition) is 0. The lowest BCUT2D eigenvalue weighted by Gasteiger charge is -2.44. The Bertz CT molecular complexity index is 5760. The van der Waals surface area contributed by atoms with E-state index in [2.05, 4.69) is 319 Å². The van der Waals surface area contributed by atoms with E-state index in [1.165, 1.54) is 66.8 Å². The Morgan fingerprint density at radius 2 is 0.773 bits per heavy atom. The van der Waals surface area contributed by atoms with E-state index < -0.39 is 0 Å². The molecule has 5 heterocycles. The van der Waals surface area contributed by atoms with Crippen molar-refractivity contribution < 1.29 is 0 Å². The number of fused-ring (bicyclic) bond motifs is 10. The maximum Gasteiger partial charge on any atom is 0.252 e. The summed E-state index contributed by atoms with van der Waals surface area (Å²) in [5, 5.41) is 2.33. The Hall–Kier alpha value is -12.6. The van der Waals surface area contributed by atoms with E-state index >= 15 is 0 Å². The van der Waals surface area contributed by atoms with Crippen LogP contribution < -0.4 is 26.2 Å². The van der Waals surface area contributed by atoms with Gasteiger partial charge in [-0.2, -0.15) is 0 Å². The average Bonchev–Trinajstić information content (AvgIpc) is 1.05. The third-order valence-electron chi connectivity index (χ3n) is 20.0. The Labute approximate surface area is 562 Å². The Morgan fingerprint density at radius 1 is 0.278 bits per heavy atom. The first-order valence-electron chi connectivity index (χ1n) is 33.2. The lowest BCUT2D eigenvalue weighted by molar-refractivity contribution is 0.661. The monoisotopic (exact) mass is 1240 g/mol. The zero-order valence-electron chi connectivity index (χ0n) is 53.3. The van der Waals surface area contributed by atoms with Crippen molar-refractivity contribution in [3.05, 3.63) is 333 Å². The molecule has 0 N–H and O–H groups in total. The van der Waals surface area contributed by atoms with Gasteiger partial charge >= 0.3 is 0 Å². The van der Waals surface area contributed by atoms with Crippen LogP contribution in [-0.4, -0.2) is 36.2 Å². The average molecular weight is 1240 g/mol. The van der Waals surface area contributed by atoms with Crippen LogP contribution in [0.4, 0.5) is 34.1 Å². The molecule has 0 saturated heterocycles. The molecule has 454 valence electrons. The van der Waals surface area contributed by atoms with Gasteiger partial charge in [0.05, 0.1) is 28.1 Å². The van der Waals surface area contributed by atoms with Crippen LogP contribution in [-0.2, 0) is 5.41 Å². The van der Waals surface area contributed by atoms with Crippen LogP contribution >= 0.6 is 0 Å². The normalized spacial score (nSPS) is 13.1. The molecule has 0 bridgehead atoms. The fraction of sp³-hybridized carbons (Fsp3) is 0.0341. The molecule has 3 aromatic heterocycles. The van der Waals surface area contributed by atoms with Crippen molar-refractivity contribution >= 4 is 79.0 Å². The molecule has 97 heavy (non-hydrogen) atoms. The highest BCUT2D eigenvalue weighted by atomic mass is 15.2. The van der Waals surface area contributed by atoms with Crippen LogP contribution in [0.1, 0.15) is 25.0 Å². The maximum atomic E-state index is 5.63. The number of benzene rings is 13. The molecule has 8 nitrogen and oxygen atoms in total. The summed E-state index contributed by atoms with van der Waals surface area (Å²) in [7, 11) is 0. The molecule has 0 amide bonds. The summed E-state index contributed by atoms with van der Waals surface area (Å²) in [5.74, 6) is 2.20. The topological polar surface area (TPSA) is 75.9 Å². The molecule has 19 rings (SSSR count). The van der Waals surface area contributed by atoms with Crippen LogP contribution in [0.3, 0.4) is 0 Å². The number of para-hydroxylation sites is 4. The van der Waals surface area contributed by atoms with E-state index in [0.29, 0.717) is 23.3 Å². The van der Waals surface area contributed by atoms with E-state index in [0.717, 1.165) is 89.4 Å². The second kappa shape index (κ2) is 22.3. The van der Waals surface area contributed by atoms with Crippen LogP contribution in [0.5, 0.6) is 0 Å². The molecule has 3 aliphatic rings. The number of anilines is 6. The number of nitrogens with zero attached hydrogens (tertiary/aromatic N) is 8. The van der Waals surface area contributed by atoms with Crippen LogP contribution in [0.25, 0.3) is 118 Å². The van der Waals surface area contributed by atoms with Crippen molar-refractivity contribution in [1.29, 1.82) is 0 Å². The molecule has 13 aromatic carbocycles. The van der Waals surface area contributed by atoms with Gasteiger partial charge in [0.15, 0.2) is 23.3 Å². The lowest BCUT2D eigenvalue weighted by Crippen LogP contribution is -2.61. The minimum atomic E-state index is -0.235. The van der Waals surface area contributed by atoms with E-state index in [-0.39, 0.29) is 12.1 Å². The highest BCUT2D eigenvalue weighted by Gasteiger charge is 2.43. The minimum absolute atomic E-state index is 0.0609. The third kappa shape index (κ3) is 9.11. The van der Waals surface area contributed by atoms with Gasteiger partial charge in [-0.05, 0) is 147 Å². The van der Waals surface area contributed by atoms with Crippen molar-refractivity contribution in [3.8, 4) is 96.0 Å². The summed E-state index contributed by atoms with van der Waals surface area (Å²) in [5.41, 5.74) is 27.9. The molecule has 0 saturated carbocycles. The molecule has 16 aromatic rings. The zero-order valence-corrected chi connectivity index (χ0v) is 53.3. The molecule has 2 aliphatic heterocycles. The summed E-state index contributed by atoms with van der Waals surface area (Å²) in [6, 6.07) is 115. The second-order valence-corrected chi connectivity index (χ2v) is 25.9. The van der Waals surface area contributed by atoms with E-state index in [9.17, 15) is 0 Å². The van der Waals surface area contributed by atoms with Gasteiger partial charge in [0.25, 0.3) is 6.71 Å². The van der Waals surface area contributed by atoms with E-state index in [1.54, 1.807) is 0 Å². The first-order valence-corrected chi connectivity index (χ1v) is 33.2. The van der Waals surface area contributed by atoms with E-state index in [4.69, 9.17) is 24.9 Å². The molecule has 0 fully saturated rings. The Kier molecular flexibility index (Phi) is 12.9. The van der Waals surface area contributed by atoms with Gasteiger partial charge in [-0.3, -0.25) is 0 Å². The predicted molar refractivity (Wildman–Crippen MR) is 399 cm³/mol. The minimum Gasteiger partial charge on any atom is -0.311 e. The standard InChI is InChI=1S/C88H59BN8/c1-88(2)70-37-17-15-35-65(70)67-53-68-66-36-16-20-40-76(66)97(82(68)54-71(67)88)77-50-47-62(85-90-74(57-25-7-3-8-26-57)55-75(91-85)58-27-9-4-10-28-58)52-69(77)87-93-84(59-29-11-5-12-30-59)92-86(94-87)61-32-23-31-60(51-61)56-45-48-64(49-46-56)96-79-42-22-19-39-73(79)89-72-38-18-21-41-78(72)95(63-33-13-6-14-34-63)80-43-24-44-81(96)83(80)89/h3-55H,1-2H3. The van der Waals surface area contributed by atoms with Crippen LogP contribution in [0.2, 0.25) is 0 Å². The SMILES string of the molecule is CC1(C)c2ccccc2-c2cc3c4ccccc4n(-c4ccc(-c5nc(-c6ccccc6)cc(-c6ccccc6)n5)cc4-c4nc(-c5ccccc5)nc(-c5cccc(-c6ccc(N7c8ccccc8B8c9ccccc9N(c9ccccc9)c9cccc7c98)cc6)c5)n4)c3cc21. The van der Waals surface area contributed by atoms with Gasteiger partial charge in [-0.15, -0.1) is 0 Å². The van der Waals surface area contributed by atoms with Gasteiger partial charge in [0.2, 0.25) is 0 Å². The summed E-state index contributed by atoms with van der Waals surface area (Å²) in [6.45, 7) is 4.76. The number of rotatable bonds is 10. The molecule has 0 radical (unpaired) electrons. The van der Waals surface area contributed by atoms with Gasteiger partial charge in [0.1, 0.15) is 0 Å². The first kappa shape index (κ1) is 56.0. The Balaban J connectivity index is 0.773. The van der Waals surface area contributed by atoms with Crippen molar-refractivity contribution in [1.82, 2.24) is 29.5 Å². The molecular formula is C88H59BN8. The Morgan fingerprint density at radius 3 is 1.45 bits per heavy atom. The fourth-order valence-corrected chi connectivity index (χ4v) is 15.5. The quantitative estimate of drug-likeness (QED) is 0.126. The van der Waals surface area contributed by atoms with Crippen LogP contribution in [0, 0.1) is 0 Å². The number of aromatic nitrogens is 6. The largest absolute Gasteiger partial charge is 0.311 e. The summed E-state index contributed by atoms with van der Waals surface area (Å²) in [6.07, 6.45) is 0. The number of hydrogen-bond acceptors (Lipinski definition) is 7. The molecular weight excluding hydrogens is 1180 g/mol. The van der Waals surface area contributed by atoms with Crippen molar-refractivity contribution in [2.45, 2.75) is 19.3 Å². The molecule has 1 aliphatic carbocycles. The van der Waals surface area contributed by atoms with Gasteiger partial charge in [-0.25, -0.2) is 24.9 Å². The predicted octanol–water partition coefficient (Wildman–Crippen LogP) is 19.8. The molecule has 0 spiro atoms. The fourth-order valence-electron chi connectivity index (χ4n) is 15.5. The second-order valence-electron chi connectivity index (χ2n) is 25.9. The summed E-state index contributed by atoms with van der Waals surface area (Å²) in [4.78, 5) is 32.2. The lowest BCUT2D eigenvalue weighted by atomic mass is 9.33. The smallest absolute Gasteiger partial charge is 0.252 e. The van der Waals surface area contributed by atoms with Crippen molar-refractivity contribution in [2.75, 3.05) is 9.80 Å². The zero-order chi connectivity index (χ0) is 64.3. The first-order chi connectivity index (χ1) is 47.9.